The molecule has 0 spiro atoms. The van der Waals surface area contributed by atoms with Crippen LogP contribution in [0.4, 0.5) is 10.1 Å². The number of carbonyl (C=O) groups excluding carboxylic acids is 1. The molecule has 0 aliphatic heterocycles. The number of benzene rings is 2. The first-order valence-corrected chi connectivity index (χ1v) is 6.37. The zero-order valence-corrected chi connectivity index (χ0v) is 11.6. The lowest BCUT2D eigenvalue weighted by molar-refractivity contribution is 0.0692. The van der Waals surface area contributed by atoms with Crippen molar-refractivity contribution in [2.45, 2.75) is 0 Å². The third kappa shape index (κ3) is 3.03. The minimum Gasteiger partial charge on any atom is -0.478 e. The van der Waals surface area contributed by atoms with Crippen LogP contribution in [-0.2, 0) is 0 Å². The van der Waals surface area contributed by atoms with Gasteiger partial charge >= 0.3 is 5.97 Å². The monoisotopic (exact) mass is 337 g/mol. The fourth-order valence-corrected chi connectivity index (χ4v) is 2.10. The summed E-state index contributed by atoms with van der Waals surface area (Å²) in [5.74, 6) is -2.20. The second kappa shape index (κ2) is 5.83. The lowest BCUT2D eigenvalue weighted by atomic mass is 10.1. The molecule has 0 fully saturated rings. The van der Waals surface area contributed by atoms with Gasteiger partial charge in [-0.2, -0.15) is 0 Å². The van der Waals surface area contributed by atoms with Crippen molar-refractivity contribution in [3.05, 3.63) is 63.9 Å². The Labute approximate surface area is 122 Å². The van der Waals surface area contributed by atoms with E-state index in [-0.39, 0.29) is 11.1 Å². The Morgan fingerprint density at radius 3 is 2.35 bits per heavy atom. The maximum Gasteiger partial charge on any atom is 0.336 e. The van der Waals surface area contributed by atoms with Gasteiger partial charge in [0.1, 0.15) is 5.82 Å². The molecule has 102 valence electrons. The number of hydrogen-bond donors (Lipinski definition) is 2. The van der Waals surface area contributed by atoms with Crippen LogP contribution in [0.3, 0.4) is 0 Å². The van der Waals surface area contributed by atoms with Gasteiger partial charge in [-0.3, -0.25) is 4.79 Å². The summed E-state index contributed by atoms with van der Waals surface area (Å²) < 4.78 is 13.3. The lowest BCUT2D eigenvalue weighted by Gasteiger charge is -2.09. The van der Waals surface area contributed by atoms with Gasteiger partial charge in [-0.1, -0.05) is 12.1 Å². The number of aromatic carboxylic acids is 1. The zero-order valence-electron chi connectivity index (χ0n) is 10.1. The molecule has 2 N–H and O–H groups in total. The summed E-state index contributed by atoms with van der Waals surface area (Å²) >= 11 is 3.12. The van der Waals surface area contributed by atoms with E-state index in [1.54, 1.807) is 6.07 Å². The number of anilines is 1. The molecule has 0 saturated carbocycles. The zero-order chi connectivity index (χ0) is 14.7. The quantitative estimate of drug-likeness (QED) is 0.900. The van der Waals surface area contributed by atoms with Crippen molar-refractivity contribution in [1.29, 1.82) is 0 Å². The molecule has 0 heterocycles. The summed E-state index contributed by atoms with van der Waals surface area (Å²) in [4.78, 5) is 23.1. The third-order valence-corrected chi connectivity index (χ3v) is 3.24. The van der Waals surface area contributed by atoms with E-state index in [2.05, 4.69) is 21.2 Å². The SMILES string of the molecule is O=C(O)c1ccccc1C(=O)Nc1ccc(F)cc1Br. The van der Waals surface area contributed by atoms with E-state index >= 15 is 0 Å². The average molecular weight is 338 g/mol. The molecule has 2 rings (SSSR count). The molecule has 2 aromatic rings. The molecule has 0 bridgehead atoms. The molecule has 0 saturated heterocycles. The second-order valence-corrected chi connectivity index (χ2v) is 4.78. The maximum absolute atomic E-state index is 13.0. The Morgan fingerprint density at radius 2 is 1.75 bits per heavy atom. The van der Waals surface area contributed by atoms with Gasteiger partial charge in [0.15, 0.2) is 0 Å². The summed E-state index contributed by atoms with van der Waals surface area (Å²) in [5.41, 5.74) is 0.302. The van der Waals surface area contributed by atoms with Gasteiger partial charge in [0.05, 0.1) is 16.8 Å². The van der Waals surface area contributed by atoms with Crippen molar-refractivity contribution in [3.8, 4) is 0 Å². The first-order chi connectivity index (χ1) is 9.49. The number of hydrogen-bond acceptors (Lipinski definition) is 2. The van der Waals surface area contributed by atoms with Crippen molar-refractivity contribution in [2.24, 2.45) is 0 Å². The van der Waals surface area contributed by atoms with Crippen LogP contribution in [0.25, 0.3) is 0 Å². The predicted molar refractivity (Wildman–Crippen MR) is 75.5 cm³/mol. The van der Waals surface area contributed by atoms with E-state index in [4.69, 9.17) is 5.11 Å². The largest absolute Gasteiger partial charge is 0.478 e. The van der Waals surface area contributed by atoms with Gasteiger partial charge in [-0.05, 0) is 46.3 Å². The Morgan fingerprint density at radius 1 is 1.10 bits per heavy atom. The van der Waals surface area contributed by atoms with E-state index in [1.807, 2.05) is 0 Å². The van der Waals surface area contributed by atoms with Gasteiger partial charge in [0.25, 0.3) is 5.91 Å². The van der Waals surface area contributed by atoms with Crippen LogP contribution < -0.4 is 5.32 Å². The Kier molecular flexibility index (Phi) is 4.14. The van der Waals surface area contributed by atoms with E-state index in [0.29, 0.717) is 10.2 Å². The average Bonchev–Trinajstić information content (AvgIpc) is 2.41. The number of halogens is 2. The second-order valence-electron chi connectivity index (χ2n) is 3.93. The maximum atomic E-state index is 13.0. The third-order valence-electron chi connectivity index (χ3n) is 2.58. The Balaban J connectivity index is 2.31. The van der Waals surface area contributed by atoms with E-state index in [0.717, 1.165) is 0 Å². The van der Waals surface area contributed by atoms with E-state index in [9.17, 15) is 14.0 Å². The molecule has 0 aromatic heterocycles. The molecule has 4 nitrogen and oxygen atoms in total. The standard InChI is InChI=1S/C14H9BrFNO3/c15-11-7-8(16)5-6-12(11)17-13(18)9-3-1-2-4-10(9)14(19)20/h1-7H,(H,17,18)(H,19,20). The minimum absolute atomic E-state index is 0.0382. The highest BCUT2D eigenvalue weighted by Crippen LogP contribution is 2.24. The normalized spacial score (nSPS) is 10.1. The van der Waals surface area contributed by atoms with Gasteiger partial charge < -0.3 is 10.4 Å². The van der Waals surface area contributed by atoms with Crippen LogP contribution in [0.1, 0.15) is 20.7 Å². The van der Waals surface area contributed by atoms with Gasteiger partial charge in [-0.15, -0.1) is 0 Å². The van der Waals surface area contributed by atoms with E-state index in [1.165, 1.54) is 36.4 Å². The molecular formula is C14H9BrFNO3. The van der Waals surface area contributed by atoms with Crippen LogP contribution in [0.5, 0.6) is 0 Å². The fraction of sp³-hybridized carbons (Fsp3) is 0. The number of rotatable bonds is 3. The number of carbonyl (C=O) groups is 2. The van der Waals surface area contributed by atoms with Crippen LogP contribution in [0.2, 0.25) is 0 Å². The van der Waals surface area contributed by atoms with Crippen molar-refractivity contribution in [2.75, 3.05) is 5.32 Å². The fourth-order valence-electron chi connectivity index (χ4n) is 1.65. The minimum atomic E-state index is -1.19. The summed E-state index contributed by atoms with van der Waals surface area (Å²) in [7, 11) is 0. The molecule has 0 aliphatic rings. The first-order valence-electron chi connectivity index (χ1n) is 5.58. The van der Waals surface area contributed by atoms with Crippen LogP contribution >= 0.6 is 15.9 Å². The summed E-state index contributed by atoms with van der Waals surface area (Å²) in [5, 5.41) is 11.6. The molecule has 0 atom stereocenters. The van der Waals surface area contributed by atoms with Gasteiger partial charge in [0, 0.05) is 4.47 Å². The van der Waals surface area contributed by atoms with Crippen molar-refractivity contribution >= 4 is 33.5 Å². The first kappa shape index (κ1) is 14.2. The molecular weight excluding hydrogens is 329 g/mol. The van der Waals surface area contributed by atoms with Crippen molar-refractivity contribution in [3.63, 3.8) is 0 Å². The van der Waals surface area contributed by atoms with Crippen molar-refractivity contribution < 1.29 is 19.1 Å². The highest BCUT2D eigenvalue weighted by molar-refractivity contribution is 9.10. The van der Waals surface area contributed by atoms with Crippen molar-refractivity contribution in [1.82, 2.24) is 0 Å². The summed E-state index contributed by atoms with van der Waals surface area (Å²) in [6.07, 6.45) is 0. The van der Waals surface area contributed by atoms with Gasteiger partial charge in [0.2, 0.25) is 0 Å². The smallest absolute Gasteiger partial charge is 0.336 e. The van der Waals surface area contributed by atoms with Gasteiger partial charge in [-0.25, -0.2) is 9.18 Å². The lowest BCUT2D eigenvalue weighted by Crippen LogP contribution is -2.16. The molecule has 20 heavy (non-hydrogen) atoms. The molecule has 2 aromatic carbocycles. The number of nitrogens with one attached hydrogen (secondary N) is 1. The Hall–Kier alpha value is -2.21. The highest BCUT2D eigenvalue weighted by Gasteiger charge is 2.16. The summed E-state index contributed by atoms with van der Waals surface area (Å²) in [6, 6.07) is 9.66. The molecule has 0 unspecified atom stereocenters. The molecule has 6 heteroatoms. The highest BCUT2D eigenvalue weighted by atomic mass is 79.9. The molecule has 0 aliphatic carbocycles. The van der Waals surface area contributed by atoms with Crippen LogP contribution in [0, 0.1) is 5.82 Å². The van der Waals surface area contributed by atoms with E-state index < -0.39 is 17.7 Å². The molecule has 0 radical (unpaired) electrons. The number of amides is 1. The topological polar surface area (TPSA) is 66.4 Å². The Bertz CT molecular complexity index is 688. The number of carboxylic acid groups (broad SMARTS) is 1. The molecule has 1 amide bonds. The number of carboxylic acids is 1. The summed E-state index contributed by atoms with van der Waals surface area (Å²) in [6.45, 7) is 0. The predicted octanol–water partition coefficient (Wildman–Crippen LogP) is 3.54. The van der Waals surface area contributed by atoms with Crippen LogP contribution in [-0.4, -0.2) is 17.0 Å². The van der Waals surface area contributed by atoms with Crippen LogP contribution in [0.15, 0.2) is 46.9 Å².